The quantitative estimate of drug-likeness (QED) is 0.832. The highest BCUT2D eigenvalue weighted by Gasteiger charge is 2.27. The minimum absolute atomic E-state index is 0.0887. The van der Waals surface area contributed by atoms with E-state index in [1.807, 2.05) is 20.8 Å². The summed E-state index contributed by atoms with van der Waals surface area (Å²) >= 11 is 5.55. The van der Waals surface area contributed by atoms with Gasteiger partial charge >= 0.3 is 0 Å². The molecule has 1 aromatic carbocycles. The molecule has 1 atom stereocenters. The fourth-order valence-electron chi connectivity index (χ4n) is 1.77. The summed E-state index contributed by atoms with van der Waals surface area (Å²) in [4.78, 5) is 11.7. The van der Waals surface area contributed by atoms with Crippen LogP contribution >= 0.6 is 11.6 Å². The van der Waals surface area contributed by atoms with Crippen LogP contribution in [0.15, 0.2) is 24.3 Å². The van der Waals surface area contributed by atoms with Crippen molar-refractivity contribution >= 4 is 17.5 Å². The first-order chi connectivity index (χ1) is 8.34. The predicted molar refractivity (Wildman–Crippen MR) is 72.1 cm³/mol. The van der Waals surface area contributed by atoms with Crippen LogP contribution in [0.4, 0.5) is 4.39 Å². The zero-order valence-corrected chi connectivity index (χ0v) is 11.7. The smallest absolute Gasteiger partial charge is 0.221 e. The standard InChI is InChI=1S/C14H19ClFNO/c1-14(2,3)13(17-12(18)8-9-15)10-4-6-11(16)7-5-10/h4-7,13H,8-9H2,1-3H3,(H,17,18). The second-order valence-electron chi connectivity index (χ2n) is 5.36. The number of rotatable bonds is 4. The second kappa shape index (κ2) is 6.19. The van der Waals surface area contributed by atoms with Gasteiger partial charge in [-0.2, -0.15) is 0 Å². The van der Waals surface area contributed by atoms with E-state index in [0.29, 0.717) is 5.88 Å². The molecule has 18 heavy (non-hydrogen) atoms. The largest absolute Gasteiger partial charge is 0.349 e. The highest BCUT2D eigenvalue weighted by molar-refractivity contribution is 6.18. The highest BCUT2D eigenvalue weighted by Crippen LogP contribution is 2.32. The van der Waals surface area contributed by atoms with E-state index in [0.717, 1.165) is 5.56 Å². The lowest BCUT2D eigenvalue weighted by Gasteiger charge is -2.32. The second-order valence-corrected chi connectivity index (χ2v) is 5.74. The van der Waals surface area contributed by atoms with Crippen molar-refractivity contribution in [1.29, 1.82) is 0 Å². The Labute approximate surface area is 113 Å². The van der Waals surface area contributed by atoms with E-state index in [2.05, 4.69) is 5.32 Å². The van der Waals surface area contributed by atoms with Crippen molar-refractivity contribution in [1.82, 2.24) is 5.32 Å². The molecule has 2 nitrogen and oxygen atoms in total. The van der Waals surface area contributed by atoms with Crippen LogP contribution < -0.4 is 5.32 Å². The van der Waals surface area contributed by atoms with Crippen molar-refractivity contribution in [3.8, 4) is 0 Å². The van der Waals surface area contributed by atoms with Gasteiger partial charge in [0.2, 0.25) is 5.91 Å². The molecule has 100 valence electrons. The molecule has 0 aromatic heterocycles. The van der Waals surface area contributed by atoms with Gasteiger partial charge in [-0.3, -0.25) is 4.79 Å². The number of carbonyl (C=O) groups is 1. The normalized spacial score (nSPS) is 13.2. The van der Waals surface area contributed by atoms with Crippen molar-refractivity contribution in [3.05, 3.63) is 35.6 Å². The molecule has 1 amide bonds. The summed E-state index contributed by atoms with van der Waals surface area (Å²) in [6, 6.07) is 6.05. The van der Waals surface area contributed by atoms with E-state index in [1.54, 1.807) is 12.1 Å². The lowest BCUT2D eigenvalue weighted by molar-refractivity contribution is -0.122. The third-order valence-electron chi connectivity index (χ3n) is 2.70. The van der Waals surface area contributed by atoms with Crippen molar-refractivity contribution in [2.75, 3.05) is 5.88 Å². The van der Waals surface area contributed by atoms with Crippen LogP contribution in [0.2, 0.25) is 0 Å². The van der Waals surface area contributed by atoms with E-state index in [-0.39, 0.29) is 29.6 Å². The van der Waals surface area contributed by atoms with Gasteiger partial charge in [-0.05, 0) is 23.1 Å². The van der Waals surface area contributed by atoms with Crippen LogP contribution in [0.5, 0.6) is 0 Å². The van der Waals surface area contributed by atoms with Crippen LogP contribution in [-0.4, -0.2) is 11.8 Å². The molecule has 0 saturated heterocycles. The molecular weight excluding hydrogens is 253 g/mol. The number of halogens is 2. The fraction of sp³-hybridized carbons (Fsp3) is 0.500. The topological polar surface area (TPSA) is 29.1 Å². The van der Waals surface area contributed by atoms with Crippen molar-refractivity contribution in [2.24, 2.45) is 5.41 Å². The number of hydrogen-bond acceptors (Lipinski definition) is 1. The van der Waals surface area contributed by atoms with Gasteiger partial charge in [-0.25, -0.2) is 4.39 Å². The maximum Gasteiger partial charge on any atom is 0.221 e. The zero-order chi connectivity index (χ0) is 13.8. The number of hydrogen-bond donors (Lipinski definition) is 1. The Morgan fingerprint density at radius 2 is 1.89 bits per heavy atom. The number of amides is 1. The summed E-state index contributed by atoms with van der Waals surface area (Å²) in [6.07, 6.45) is 0.287. The van der Waals surface area contributed by atoms with Crippen LogP contribution in [-0.2, 0) is 4.79 Å². The molecule has 0 bridgehead atoms. The lowest BCUT2D eigenvalue weighted by atomic mass is 9.82. The van der Waals surface area contributed by atoms with Gasteiger partial charge in [-0.1, -0.05) is 32.9 Å². The summed E-state index contributed by atoms with van der Waals surface area (Å²) in [5.41, 5.74) is 0.742. The molecule has 4 heteroatoms. The molecule has 1 aromatic rings. The number of alkyl halides is 1. The Kier molecular flexibility index (Phi) is 5.15. The Morgan fingerprint density at radius 1 is 1.33 bits per heavy atom. The van der Waals surface area contributed by atoms with E-state index < -0.39 is 0 Å². The van der Waals surface area contributed by atoms with Crippen molar-refractivity contribution in [2.45, 2.75) is 33.2 Å². The molecule has 1 unspecified atom stereocenters. The SMILES string of the molecule is CC(C)(C)C(NC(=O)CCCl)c1ccc(F)cc1. The maximum absolute atomic E-state index is 12.9. The molecule has 1 N–H and O–H groups in total. The van der Waals surface area contributed by atoms with Gasteiger partial charge in [0.15, 0.2) is 0 Å². The molecular formula is C14H19ClFNO. The van der Waals surface area contributed by atoms with Crippen molar-refractivity contribution in [3.63, 3.8) is 0 Å². The number of nitrogens with one attached hydrogen (secondary N) is 1. The first-order valence-corrected chi connectivity index (χ1v) is 6.49. The summed E-state index contributed by atoms with van der Waals surface area (Å²) in [5.74, 6) is -0.0701. The minimum Gasteiger partial charge on any atom is -0.349 e. The Hall–Kier alpha value is -1.09. The predicted octanol–water partition coefficient (Wildman–Crippen LogP) is 3.66. The van der Waals surface area contributed by atoms with Gasteiger partial charge in [0.05, 0.1) is 6.04 Å². The molecule has 0 heterocycles. The van der Waals surface area contributed by atoms with Gasteiger partial charge in [-0.15, -0.1) is 11.6 Å². The molecule has 0 spiro atoms. The summed E-state index contributed by atoms with van der Waals surface area (Å²) in [5, 5.41) is 2.95. The molecule has 0 aliphatic carbocycles. The van der Waals surface area contributed by atoms with Crippen LogP contribution in [0.1, 0.15) is 38.8 Å². The van der Waals surface area contributed by atoms with E-state index >= 15 is 0 Å². The van der Waals surface area contributed by atoms with Gasteiger partial charge in [0.25, 0.3) is 0 Å². The Balaban J connectivity index is 2.92. The zero-order valence-electron chi connectivity index (χ0n) is 11.0. The third kappa shape index (κ3) is 4.30. The third-order valence-corrected chi connectivity index (χ3v) is 2.89. The number of benzene rings is 1. The van der Waals surface area contributed by atoms with Gasteiger partial charge < -0.3 is 5.32 Å². The molecule has 0 saturated carbocycles. The number of carbonyl (C=O) groups excluding carboxylic acids is 1. The Morgan fingerprint density at radius 3 is 2.33 bits per heavy atom. The first kappa shape index (κ1) is 15.0. The summed E-state index contributed by atoms with van der Waals surface area (Å²) < 4.78 is 12.9. The molecule has 0 radical (unpaired) electrons. The molecule has 0 aliphatic heterocycles. The summed E-state index contributed by atoms with van der Waals surface area (Å²) in [6.45, 7) is 6.09. The van der Waals surface area contributed by atoms with E-state index in [1.165, 1.54) is 12.1 Å². The molecule has 0 fully saturated rings. The van der Waals surface area contributed by atoms with E-state index in [9.17, 15) is 9.18 Å². The molecule has 0 aliphatic rings. The lowest BCUT2D eigenvalue weighted by Crippen LogP contribution is -2.36. The van der Waals surface area contributed by atoms with Crippen LogP contribution in [0.25, 0.3) is 0 Å². The Bertz CT molecular complexity index is 397. The highest BCUT2D eigenvalue weighted by atomic mass is 35.5. The van der Waals surface area contributed by atoms with Crippen molar-refractivity contribution < 1.29 is 9.18 Å². The van der Waals surface area contributed by atoms with E-state index in [4.69, 9.17) is 11.6 Å². The monoisotopic (exact) mass is 271 g/mol. The minimum atomic E-state index is -0.279. The molecule has 1 rings (SSSR count). The first-order valence-electron chi connectivity index (χ1n) is 5.95. The van der Waals surface area contributed by atoms with Crippen LogP contribution in [0.3, 0.4) is 0 Å². The summed E-state index contributed by atoms with van der Waals surface area (Å²) in [7, 11) is 0. The van der Waals surface area contributed by atoms with Crippen LogP contribution in [0, 0.1) is 11.2 Å². The van der Waals surface area contributed by atoms with Gasteiger partial charge in [0, 0.05) is 12.3 Å². The van der Waals surface area contributed by atoms with Gasteiger partial charge in [0.1, 0.15) is 5.82 Å². The average molecular weight is 272 g/mol. The fourth-order valence-corrected chi connectivity index (χ4v) is 1.95. The average Bonchev–Trinajstić information content (AvgIpc) is 2.26. The maximum atomic E-state index is 12.9.